The molecule has 21 heavy (non-hydrogen) atoms. The van der Waals surface area contributed by atoms with Gasteiger partial charge in [-0.3, -0.25) is 0 Å². The van der Waals surface area contributed by atoms with Crippen LogP contribution in [0.4, 0.5) is 4.39 Å². The molecule has 118 valence electrons. The van der Waals surface area contributed by atoms with E-state index in [0.29, 0.717) is 6.42 Å². The van der Waals surface area contributed by atoms with E-state index >= 15 is 0 Å². The van der Waals surface area contributed by atoms with Gasteiger partial charge in [0.05, 0.1) is 10.0 Å². The van der Waals surface area contributed by atoms with Gasteiger partial charge in [-0.2, -0.15) is 0 Å². The molecule has 0 saturated heterocycles. The van der Waals surface area contributed by atoms with Crippen LogP contribution in [0.5, 0.6) is 0 Å². The van der Waals surface area contributed by atoms with E-state index in [2.05, 4.69) is 4.72 Å². The Labute approximate surface area is 133 Å². The maximum atomic E-state index is 13.6. The maximum absolute atomic E-state index is 13.6. The predicted octanol–water partition coefficient (Wildman–Crippen LogP) is 2.96. The predicted molar refractivity (Wildman–Crippen MR) is 79.6 cm³/mol. The average Bonchev–Trinajstić information content (AvgIpc) is 2.44. The summed E-state index contributed by atoms with van der Waals surface area (Å²) in [5, 5.41) is 8.57. The molecular weight excluding hydrogens is 340 g/mol. The molecule has 0 spiro atoms. The van der Waals surface area contributed by atoms with E-state index in [-0.39, 0.29) is 28.5 Å². The third kappa shape index (κ3) is 3.68. The minimum atomic E-state index is -3.96. The van der Waals surface area contributed by atoms with E-state index in [0.717, 1.165) is 25.3 Å². The van der Waals surface area contributed by atoms with Crippen LogP contribution in [-0.4, -0.2) is 26.2 Å². The fraction of sp³-hybridized carbons (Fsp3) is 0.538. The summed E-state index contributed by atoms with van der Waals surface area (Å²) in [6.07, 6.45) is 3.23. The number of aliphatic hydroxyl groups excluding tert-OH is 1. The first-order chi connectivity index (χ1) is 9.86. The number of nitrogens with one attached hydrogen (secondary N) is 1. The van der Waals surface area contributed by atoms with Gasteiger partial charge in [0.25, 0.3) is 0 Å². The highest BCUT2D eigenvalue weighted by molar-refractivity contribution is 7.89. The van der Waals surface area contributed by atoms with Crippen LogP contribution in [0.3, 0.4) is 0 Å². The van der Waals surface area contributed by atoms with E-state index in [1.165, 1.54) is 6.07 Å². The van der Waals surface area contributed by atoms with Crippen molar-refractivity contribution in [1.82, 2.24) is 4.72 Å². The summed E-state index contributed by atoms with van der Waals surface area (Å²) in [6, 6.07) is 1.96. The summed E-state index contributed by atoms with van der Waals surface area (Å²) < 4.78 is 40.9. The van der Waals surface area contributed by atoms with Crippen molar-refractivity contribution in [1.29, 1.82) is 0 Å². The van der Waals surface area contributed by atoms with Gasteiger partial charge in [-0.1, -0.05) is 36.0 Å². The molecule has 2 rings (SSSR count). The van der Waals surface area contributed by atoms with Gasteiger partial charge in [0, 0.05) is 12.6 Å². The second-order valence-corrected chi connectivity index (χ2v) is 7.60. The van der Waals surface area contributed by atoms with Crippen molar-refractivity contribution >= 4 is 33.2 Å². The van der Waals surface area contributed by atoms with Gasteiger partial charge in [0.1, 0.15) is 4.90 Å². The lowest BCUT2D eigenvalue weighted by molar-refractivity contribution is 0.164. The van der Waals surface area contributed by atoms with Crippen molar-refractivity contribution in [3.8, 4) is 0 Å². The molecule has 1 aromatic rings. The molecule has 1 aliphatic carbocycles. The molecule has 1 aromatic carbocycles. The summed E-state index contributed by atoms with van der Waals surface area (Å²) in [5.74, 6) is -1.09. The molecule has 4 nitrogen and oxygen atoms in total. The Bertz CT molecular complexity index is 624. The largest absolute Gasteiger partial charge is 0.396 e. The lowest BCUT2D eigenvalue weighted by atomic mass is 9.86. The minimum Gasteiger partial charge on any atom is -0.396 e. The molecule has 0 aromatic heterocycles. The number of hydrogen-bond donors (Lipinski definition) is 2. The molecule has 0 amide bonds. The summed E-state index contributed by atoms with van der Waals surface area (Å²) in [6.45, 7) is -0.0874. The number of hydrogen-bond acceptors (Lipinski definition) is 3. The highest BCUT2D eigenvalue weighted by atomic mass is 35.5. The highest BCUT2D eigenvalue weighted by Gasteiger charge is 2.30. The number of aliphatic hydroxyl groups is 1. The van der Waals surface area contributed by atoms with Crippen LogP contribution < -0.4 is 4.72 Å². The summed E-state index contributed by atoms with van der Waals surface area (Å²) in [4.78, 5) is -0.340. The molecule has 8 heteroatoms. The minimum absolute atomic E-state index is 0.0874. The molecule has 1 saturated carbocycles. The smallest absolute Gasteiger partial charge is 0.242 e. The second kappa shape index (κ2) is 6.79. The SMILES string of the molecule is O=S(=O)(NC1CCCCC1CO)c1ccc(Cl)c(F)c1Cl. The number of benzene rings is 1. The topological polar surface area (TPSA) is 66.4 Å². The molecular formula is C13H16Cl2FNO3S. The van der Waals surface area contributed by atoms with Gasteiger partial charge in [-0.25, -0.2) is 17.5 Å². The lowest BCUT2D eigenvalue weighted by Gasteiger charge is -2.30. The summed E-state index contributed by atoms with van der Waals surface area (Å²) in [7, 11) is -3.96. The van der Waals surface area contributed by atoms with E-state index in [9.17, 15) is 17.9 Å². The van der Waals surface area contributed by atoms with Gasteiger partial charge in [0.15, 0.2) is 5.82 Å². The molecule has 1 fully saturated rings. The number of sulfonamides is 1. The number of rotatable bonds is 4. The Balaban J connectivity index is 2.28. The third-order valence-corrected chi connectivity index (χ3v) is 6.05. The second-order valence-electron chi connectivity index (χ2n) is 5.13. The molecule has 0 aliphatic heterocycles. The lowest BCUT2D eigenvalue weighted by Crippen LogP contribution is -2.43. The van der Waals surface area contributed by atoms with Crippen LogP contribution in [0, 0.1) is 11.7 Å². The summed E-state index contributed by atoms with van der Waals surface area (Å²) >= 11 is 11.3. The van der Waals surface area contributed by atoms with E-state index < -0.39 is 20.9 Å². The first-order valence-corrected chi connectivity index (χ1v) is 8.87. The Morgan fingerprint density at radius 1 is 1.29 bits per heavy atom. The Morgan fingerprint density at radius 2 is 1.95 bits per heavy atom. The zero-order chi connectivity index (χ0) is 15.6. The normalized spacial score (nSPS) is 23.2. The van der Waals surface area contributed by atoms with Crippen LogP contribution in [0.15, 0.2) is 17.0 Å². The van der Waals surface area contributed by atoms with Gasteiger partial charge in [-0.15, -0.1) is 0 Å². The van der Waals surface area contributed by atoms with Crippen molar-refractivity contribution in [3.63, 3.8) is 0 Å². The van der Waals surface area contributed by atoms with Crippen LogP contribution in [0.1, 0.15) is 25.7 Å². The van der Waals surface area contributed by atoms with Crippen molar-refractivity contribution in [3.05, 3.63) is 28.0 Å². The van der Waals surface area contributed by atoms with Crippen molar-refractivity contribution in [2.75, 3.05) is 6.61 Å². The third-order valence-electron chi connectivity index (χ3n) is 3.74. The van der Waals surface area contributed by atoms with E-state index in [1.54, 1.807) is 0 Å². The molecule has 0 bridgehead atoms. The zero-order valence-electron chi connectivity index (χ0n) is 11.2. The standard InChI is InChI=1S/C13H16Cl2FNO3S/c14-9-5-6-11(12(15)13(9)16)21(19,20)17-10-4-2-1-3-8(10)7-18/h5-6,8,10,17-18H,1-4,7H2. The van der Waals surface area contributed by atoms with Crippen molar-refractivity contribution < 1.29 is 17.9 Å². The van der Waals surface area contributed by atoms with Crippen LogP contribution >= 0.6 is 23.2 Å². The monoisotopic (exact) mass is 355 g/mol. The van der Waals surface area contributed by atoms with Gasteiger partial charge < -0.3 is 5.11 Å². The van der Waals surface area contributed by atoms with Crippen molar-refractivity contribution in [2.24, 2.45) is 5.92 Å². The Morgan fingerprint density at radius 3 is 2.62 bits per heavy atom. The molecule has 2 N–H and O–H groups in total. The molecule has 0 radical (unpaired) electrons. The molecule has 2 atom stereocenters. The fourth-order valence-corrected chi connectivity index (χ4v) is 4.64. The fourth-order valence-electron chi connectivity index (χ4n) is 2.56. The molecule has 1 aliphatic rings. The van der Waals surface area contributed by atoms with Gasteiger partial charge >= 0.3 is 0 Å². The van der Waals surface area contributed by atoms with E-state index in [4.69, 9.17) is 23.2 Å². The maximum Gasteiger partial charge on any atom is 0.242 e. The first-order valence-electron chi connectivity index (χ1n) is 6.63. The van der Waals surface area contributed by atoms with Crippen molar-refractivity contribution in [2.45, 2.75) is 36.6 Å². The Kier molecular flexibility index (Phi) is 5.48. The van der Waals surface area contributed by atoms with Crippen LogP contribution in [0.2, 0.25) is 10.0 Å². The van der Waals surface area contributed by atoms with E-state index in [1.807, 2.05) is 0 Å². The quantitative estimate of drug-likeness (QED) is 0.816. The average molecular weight is 356 g/mol. The van der Waals surface area contributed by atoms with Gasteiger partial charge in [-0.05, 0) is 30.9 Å². The first kappa shape index (κ1) is 17.0. The zero-order valence-corrected chi connectivity index (χ0v) is 13.5. The summed E-state index contributed by atoms with van der Waals surface area (Å²) in [5.41, 5.74) is 0. The molecule has 0 heterocycles. The Hall–Kier alpha value is -0.400. The van der Waals surface area contributed by atoms with Crippen LogP contribution in [-0.2, 0) is 10.0 Å². The van der Waals surface area contributed by atoms with Crippen LogP contribution in [0.25, 0.3) is 0 Å². The van der Waals surface area contributed by atoms with Gasteiger partial charge in [0.2, 0.25) is 10.0 Å². The highest BCUT2D eigenvalue weighted by Crippen LogP contribution is 2.31. The molecule has 2 unspecified atom stereocenters. The number of halogens is 3.